The lowest BCUT2D eigenvalue weighted by atomic mass is 10.1. The first-order valence-electron chi connectivity index (χ1n) is 7.42. The van der Waals surface area contributed by atoms with Crippen LogP contribution in [-0.2, 0) is 6.54 Å². The maximum Gasteiger partial charge on any atom is 0.0300 e. The second-order valence-electron chi connectivity index (χ2n) is 5.53. The van der Waals surface area contributed by atoms with Gasteiger partial charge in [0, 0.05) is 49.7 Å². The van der Waals surface area contributed by atoms with Crippen molar-refractivity contribution < 1.29 is 0 Å². The summed E-state index contributed by atoms with van der Waals surface area (Å²) in [5.74, 6) is 0. The molecule has 2 atom stereocenters. The zero-order chi connectivity index (χ0) is 13.7. The van der Waals surface area contributed by atoms with Crippen LogP contribution in [0.1, 0.15) is 25.6 Å². The Morgan fingerprint density at radius 3 is 2.95 bits per heavy atom. The molecule has 1 aromatic heterocycles. The van der Waals surface area contributed by atoms with E-state index in [2.05, 4.69) is 53.4 Å². The first-order valence-corrected chi connectivity index (χ1v) is 8.30. The van der Waals surface area contributed by atoms with Crippen LogP contribution >= 0.6 is 11.3 Å². The molecule has 1 N–H and O–H groups in total. The van der Waals surface area contributed by atoms with Gasteiger partial charge in [0.15, 0.2) is 0 Å². The van der Waals surface area contributed by atoms with Crippen LogP contribution in [0.4, 0.5) is 0 Å². The minimum Gasteiger partial charge on any atom is -0.310 e. The quantitative estimate of drug-likeness (QED) is 0.863. The van der Waals surface area contributed by atoms with Crippen LogP contribution in [0, 0.1) is 0 Å². The summed E-state index contributed by atoms with van der Waals surface area (Å²) in [6.07, 6.45) is 0. The molecule has 0 bridgehead atoms. The van der Waals surface area contributed by atoms with Gasteiger partial charge in [0.2, 0.25) is 0 Å². The molecule has 1 saturated heterocycles. The van der Waals surface area contributed by atoms with Gasteiger partial charge >= 0.3 is 0 Å². The van der Waals surface area contributed by atoms with Gasteiger partial charge in [-0.15, -0.1) is 11.3 Å². The van der Waals surface area contributed by atoms with Crippen LogP contribution in [0.15, 0.2) is 17.5 Å². The molecule has 4 heteroatoms. The zero-order valence-electron chi connectivity index (χ0n) is 12.4. The topological polar surface area (TPSA) is 18.5 Å². The minimum absolute atomic E-state index is 0.626. The van der Waals surface area contributed by atoms with Gasteiger partial charge in [0.05, 0.1) is 0 Å². The lowest BCUT2D eigenvalue weighted by Gasteiger charge is -2.42. The number of piperazine rings is 1. The molecule has 2 rings (SSSR count). The third kappa shape index (κ3) is 4.28. The first kappa shape index (κ1) is 15.0. The number of nitrogens with zero attached hydrogens (tertiary/aromatic N) is 2. The Labute approximate surface area is 121 Å². The van der Waals surface area contributed by atoms with Crippen molar-refractivity contribution in [3.05, 3.63) is 22.4 Å². The molecule has 2 heterocycles. The molecule has 2 unspecified atom stereocenters. The van der Waals surface area contributed by atoms with Crippen molar-refractivity contribution in [2.45, 2.75) is 39.4 Å². The number of nitrogens with one attached hydrogen (secondary N) is 1. The van der Waals surface area contributed by atoms with Gasteiger partial charge in [0.25, 0.3) is 0 Å². The molecule has 1 fully saturated rings. The lowest BCUT2D eigenvalue weighted by Crippen LogP contribution is -2.55. The number of rotatable bonds is 6. The van der Waals surface area contributed by atoms with Crippen molar-refractivity contribution in [1.82, 2.24) is 15.1 Å². The minimum atomic E-state index is 0.626. The molecule has 1 aromatic rings. The lowest BCUT2D eigenvalue weighted by molar-refractivity contribution is 0.0636. The van der Waals surface area contributed by atoms with Gasteiger partial charge in [-0.3, -0.25) is 9.80 Å². The van der Waals surface area contributed by atoms with Crippen LogP contribution in [0.3, 0.4) is 0 Å². The van der Waals surface area contributed by atoms with Crippen molar-refractivity contribution in [2.24, 2.45) is 0 Å². The first-order chi connectivity index (χ1) is 9.20. The van der Waals surface area contributed by atoms with Crippen LogP contribution in [0.2, 0.25) is 0 Å². The third-order valence-electron chi connectivity index (χ3n) is 4.15. The predicted octanol–water partition coefficient (Wildman–Crippen LogP) is 2.25. The summed E-state index contributed by atoms with van der Waals surface area (Å²) >= 11 is 1.83. The molecule has 0 radical (unpaired) electrons. The second kappa shape index (κ2) is 7.39. The third-order valence-corrected chi connectivity index (χ3v) is 5.02. The van der Waals surface area contributed by atoms with Crippen LogP contribution in [0.5, 0.6) is 0 Å². The molecule has 108 valence electrons. The van der Waals surface area contributed by atoms with E-state index in [0.29, 0.717) is 12.1 Å². The number of hydrogen-bond acceptors (Lipinski definition) is 4. The molecule has 0 amide bonds. The molecule has 1 aliphatic heterocycles. The van der Waals surface area contributed by atoms with E-state index >= 15 is 0 Å². The molecular formula is C15H27N3S. The van der Waals surface area contributed by atoms with Crippen molar-refractivity contribution >= 4 is 11.3 Å². The Hall–Kier alpha value is -0.420. The summed E-state index contributed by atoms with van der Waals surface area (Å²) < 4.78 is 0. The van der Waals surface area contributed by atoms with E-state index in [0.717, 1.165) is 13.1 Å². The van der Waals surface area contributed by atoms with Crippen molar-refractivity contribution in [1.29, 1.82) is 0 Å². The molecule has 3 nitrogen and oxygen atoms in total. The van der Waals surface area contributed by atoms with Crippen molar-refractivity contribution in [3.8, 4) is 0 Å². The van der Waals surface area contributed by atoms with E-state index in [1.165, 1.54) is 31.1 Å². The van der Waals surface area contributed by atoms with E-state index in [4.69, 9.17) is 0 Å². The molecule has 0 aromatic carbocycles. The highest BCUT2D eigenvalue weighted by Gasteiger charge is 2.25. The largest absolute Gasteiger partial charge is 0.310 e. The van der Waals surface area contributed by atoms with Crippen LogP contribution in [-0.4, -0.2) is 54.6 Å². The Morgan fingerprint density at radius 1 is 1.47 bits per heavy atom. The average molecular weight is 281 g/mol. The maximum absolute atomic E-state index is 3.58. The highest BCUT2D eigenvalue weighted by molar-refractivity contribution is 7.09. The Balaban J connectivity index is 1.70. The summed E-state index contributed by atoms with van der Waals surface area (Å²) in [6, 6.07) is 5.64. The fourth-order valence-corrected chi connectivity index (χ4v) is 3.51. The van der Waals surface area contributed by atoms with Gasteiger partial charge in [-0.25, -0.2) is 0 Å². The van der Waals surface area contributed by atoms with Gasteiger partial charge in [-0.05, 0) is 31.8 Å². The Kier molecular flexibility index (Phi) is 5.82. The molecule has 0 spiro atoms. The summed E-state index contributed by atoms with van der Waals surface area (Å²) in [5, 5.41) is 5.72. The maximum atomic E-state index is 3.58. The van der Waals surface area contributed by atoms with E-state index in [9.17, 15) is 0 Å². The smallest absolute Gasteiger partial charge is 0.0300 e. The SMILES string of the molecule is CCN1CCN(C(C)CNCc2cccs2)CC1C. The number of hydrogen-bond donors (Lipinski definition) is 1. The predicted molar refractivity (Wildman–Crippen MR) is 83.8 cm³/mol. The van der Waals surface area contributed by atoms with E-state index in [1.807, 2.05) is 11.3 Å². The average Bonchev–Trinajstić information content (AvgIpc) is 2.91. The van der Waals surface area contributed by atoms with Crippen molar-refractivity contribution in [2.75, 3.05) is 32.7 Å². The van der Waals surface area contributed by atoms with Gasteiger partial charge in [-0.1, -0.05) is 13.0 Å². The monoisotopic (exact) mass is 281 g/mol. The molecular weight excluding hydrogens is 254 g/mol. The van der Waals surface area contributed by atoms with Crippen LogP contribution in [0.25, 0.3) is 0 Å². The van der Waals surface area contributed by atoms with Gasteiger partial charge in [-0.2, -0.15) is 0 Å². The summed E-state index contributed by atoms with van der Waals surface area (Å²) in [4.78, 5) is 6.62. The summed E-state index contributed by atoms with van der Waals surface area (Å²) in [7, 11) is 0. The zero-order valence-corrected chi connectivity index (χ0v) is 13.2. The van der Waals surface area contributed by atoms with E-state index in [-0.39, 0.29) is 0 Å². The molecule has 0 saturated carbocycles. The molecule has 0 aliphatic carbocycles. The van der Waals surface area contributed by atoms with Gasteiger partial charge in [0.1, 0.15) is 0 Å². The number of likely N-dealkylation sites (N-methyl/N-ethyl adjacent to an activating group) is 1. The van der Waals surface area contributed by atoms with E-state index in [1.54, 1.807) is 0 Å². The fourth-order valence-electron chi connectivity index (χ4n) is 2.84. The van der Waals surface area contributed by atoms with Crippen molar-refractivity contribution in [3.63, 3.8) is 0 Å². The highest BCUT2D eigenvalue weighted by Crippen LogP contribution is 2.12. The molecule has 19 heavy (non-hydrogen) atoms. The fraction of sp³-hybridized carbons (Fsp3) is 0.733. The second-order valence-corrected chi connectivity index (χ2v) is 6.56. The number of thiophene rings is 1. The van der Waals surface area contributed by atoms with E-state index < -0.39 is 0 Å². The van der Waals surface area contributed by atoms with Crippen LogP contribution < -0.4 is 5.32 Å². The summed E-state index contributed by atoms with van der Waals surface area (Å²) in [6.45, 7) is 13.8. The standard InChI is InChI=1S/C15H27N3S/c1-4-17-7-8-18(12-14(17)3)13(2)10-16-11-15-6-5-9-19-15/h5-6,9,13-14,16H,4,7-8,10-12H2,1-3H3. The Morgan fingerprint density at radius 2 is 2.32 bits per heavy atom. The van der Waals surface area contributed by atoms with Gasteiger partial charge < -0.3 is 5.32 Å². The highest BCUT2D eigenvalue weighted by atomic mass is 32.1. The summed E-state index contributed by atoms with van der Waals surface area (Å²) in [5.41, 5.74) is 0. The normalized spacial score (nSPS) is 23.6. The molecule has 1 aliphatic rings. The Bertz CT molecular complexity index is 352.